The molecule has 0 aromatic carbocycles. The Balaban J connectivity index is 1.57. The quantitative estimate of drug-likeness (QED) is 0.837. The Hall–Kier alpha value is -1.72. The molecule has 2 fully saturated rings. The van der Waals surface area contributed by atoms with Gasteiger partial charge in [-0.15, -0.1) is 0 Å². The van der Waals surface area contributed by atoms with Crippen LogP contribution in [-0.2, 0) is 4.74 Å². The number of anilines is 1. The molecule has 3 atom stereocenters. The molecular weight excluding hydrogens is 246 g/mol. The van der Waals surface area contributed by atoms with Gasteiger partial charge in [0, 0.05) is 25.1 Å². The van der Waals surface area contributed by atoms with E-state index in [0.29, 0.717) is 23.6 Å². The van der Waals surface area contributed by atoms with Crippen LogP contribution in [0.3, 0.4) is 0 Å². The standard InChI is InChI=1S/C13H19N3O3/c1-13(2,3)18-12(17)16-5-7-8(6-16)11(7)9-4-10(14)19-15-9/h4,7-8,11H,5-6,14H2,1-3H3/t7-,8+,11?. The fraction of sp³-hybridized carbons (Fsp3) is 0.692. The summed E-state index contributed by atoms with van der Waals surface area (Å²) in [5.74, 6) is 1.68. The van der Waals surface area contributed by atoms with E-state index in [1.807, 2.05) is 20.8 Å². The van der Waals surface area contributed by atoms with Crippen molar-refractivity contribution in [3.8, 4) is 0 Å². The number of nitrogen functional groups attached to an aromatic ring is 1. The highest BCUT2D eigenvalue weighted by atomic mass is 16.6. The molecule has 0 radical (unpaired) electrons. The van der Waals surface area contributed by atoms with E-state index < -0.39 is 5.60 Å². The number of carbonyl (C=O) groups is 1. The van der Waals surface area contributed by atoms with Gasteiger partial charge in [-0.1, -0.05) is 5.16 Å². The summed E-state index contributed by atoms with van der Waals surface area (Å²) >= 11 is 0. The second kappa shape index (κ2) is 3.88. The lowest BCUT2D eigenvalue weighted by Crippen LogP contribution is -2.36. The molecule has 104 valence electrons. The summed E-state index contributed by atoms with van der Waals surface area (Å²) in [4.78, 5) is 13.7. The molecule has 1 saturated carbocycles. The molecule has 2 N–H and O–H groups in total. The molecule has 2 aliphatic rings. The van der Waals surface area contributed by atoms with Gasteiger partial charge in [0.15, 0.2) is 0 Å². The van der Waals surface area contributed by atoms with Crippen LogP contribution in [0.5, 0.6) is 0 Å². The maximum atomic E-state index is 11.9. The largest absolute Gasteiger partial charge is 0.444 e. The van der Waals surface area contributed by atoms with Crippen LogP contribution in [0.4, 0.5) is 10.7 Å². The van der Waals surface area contributed by atoms with Crippen molar-refractivity contribution < 1.29 is 14.1 Å². The lowest BCUT2D eigenvalue weighted by atomic mass is 10.2. The third-order valence-electron chi connectivity index (χ3n) is 3.73. The van der Waals surface area contributed by atoms with E-state index in [1.165, 1.54) is 0 Å². The molecule has 1 aromatic heterocycles. The van der Waals surface area contributed by atoms with Crippen molar-refractivity contribution in [2.24, 2.45) is 11.8 Å². The minimum atomic E-state index is -0.441. The van der Waals surface area contributed by atoms with Crippen LogP contribution in [0.2, 0.25) is 0 Å². The highest BCUT2D eigenvalue weighted by Gasteiger charge is 2.58. The zero-order chi connectivity index (χ0) is 13.8. The molecule has 1 unspecified atom stereocenters. The summed E-state index contributed by atoms with van der Waals surface area (Å²) in [5.41, 5.74) is 6.00. The average Bonchev–Trinajstić information content (AvgIpc) is 2.67. The Morgan fingerprint density at radius 1 is 1.47 bits per heavy atom. The van der Waals surface area contributed by atoms with Gasteiger partial charge in [0.25, 0.3) is 0 Å². The Bertz CT molecular complexity index is 493. The summed E-state index contributed by atoms with van der Waals surface area (Å²) in [7, 11) is 0. The molecule has 1 amide bonds. The molecule has 1 saturated heterocycles. The maximum absolute atomic E-state index is 11.9. The number of hydrogen-bond acceptors (Lipinski definition) is 5. The Morgan fingerprint density at radius 3 is 2.58 bits per heavy atom. The number of nitrogens with zero attached hydrogens (tertiary/aromatic N) is 2. The number of fused-ring (bicyclic) bond motifs is 1. The number of aromatic nitrogens is 1. The van der Waals surface area contributed by atoms with Gasteiger partial charge in [0.05, 0.1) is 5.69 Å². The van der Waals surface area contributed by atoms with Gasteiger partial charge in [0.1, 0.15) is 5.60 Å². The highest BCUT2D eigenvalue weighted by molar-refractivity contribution is 5.69. The predicted octanol–water partition coefficient (Wildman–Crippen LogP) is 1.84. The van der Waals surface area contributed by atoms with E-state index >= 15 is 0 Å². The van der Waals surface area contributed by atoms with Gasteiger partial charge < -0.3 is 19.9 Å². The molecule has 1 aliphatic heterocycles. The number of likely N-dealkylation sites (tertiary alicyclic amines) is 1. The SMILES string of the molecule is CC(C)(C)OC(=O)N1C[C@@H]2C(c3cc(N)on3)[C@@H]2C1. The number of amides is 1. The van der Waals surface area contributed by atoms with Crippen LogP contribution in [0.25, 0.3) is 0 Å². The fourth-order valence-corrected chi connectivity index (χ4v) is 2.90. The van der Waals surface area contributed by atoms with Gasteiger partial charge in [-0.05, 0) is 32.6 Å². The second-order valence-corrected chi connectivity index (χ2v) is 6.39. The van der Waals surface area contributed by atoms with Crippen molar-refractivity contribution in [2.75, 3.05) is 18.8 Å². The summed E-state index contributed by atoms with van der Waals surface area (Å²) in [6.07, 6.45) is -0.224. The van der Waals surface area contributed by atoms with E-state index in [0.717, 1.165) is 18.8 Å². The predicted molar refractivity (Wildman–Crippen MR) is 68.4 cm³/mol. The zero-order valence-electron chi connectivity index (χ0n) is 11.4. The Morgan fingerprint density at radius 2 is 2.11 bits per heavy atom. The smallest absolute Gasteiger partial charge is 0.410 e. The number of hydrogen-bond donors (Lipinski definition) is 1. The van der Waals surface area contributed by atoms with Crippen LogP contribution in [0, 0.1) is 11.8 Å². The first kappa shape index (κ1) is 12.3. The molecule has 3 rings (SSSR count). The van der Waals surface area contributed by atoms with Crippen molar-refractivity contribution in [3.63, 3.8) is 0 Å². The molecule has 1 aliphatic carbocycles. The van der Waals surface area contributed by atoms with Crippen molar-refractivity contribution in [1.82, 2.24) is 10.1 Å². The summed E-state index contributed by atoms with van der Waals surface area (Å²) in [5, 5.41) is 3.95. The number of carbonyl (C=O) groups excluding carboxylic acids is 1. The van der Waals surface area contributed by atoms with E-state index in [1.54, 1.807) is 11.0 Å². The lowest BCUT2D eigenvalue weighted by Gasteiger charge is -2.25. The summed E-state index contributed by atoms with van der Waals surface area (Å²) < 4.78 is 10.3. The Labute approximate surface area is 111 Å². The second-order valence-electron chi connectivity index (χ2n) is 6.39. The van der Waals surface area contributed by atoms with Gasteiger partial charge in [-0.2, -0.15) is 0 Å². The monoisotopic (exact) mass is 265 g/mol. The number of nitrogens with two attached hydrogens (primary N) is 1. The first-order chi connectivity index (χ1) is 8.85. The first-order valence-corrected chi connectivity index (χ1v) is 6.55. The van der Waals surface area contributed by atoms with E-state index in [4.69, 9.17) is 15.0 Å². The first-order valence-electron chi connectivity index (χ1n) is 6.55. The maximum Gasteiger partial charge on any atom is 0.410 e. The number of piperidine rings is 1. The van der Waals surface area contributed by atoms with Crippen molar-refractivity contribution in [3.05, 3.63) is 11.8 Å². The van der Waals surface area contributed by atoms with Crippen LogP contribution < -0.4 is 5.73 Å². The molecule has 6 heteroatoms. The summed E-state index contributed by atoms with van der Waals surface area (Å²) in [6.45, 7) is 7.10. The molecule has 1 aromatic rings. The van der Waals surface area contributed by atoms with Gasteiger partial charge in [-0.25, -0.2) is 4.79 Å². The van der Waals surface area contributed by atoms with Crippen LogP contribution >= 0.6 is 0 Å². The topological polar surface area (TPSA) is 81.6 Å². The van der Waals surface area contributed by atoms with Gasteiger partial charge >= 0.3 is 6.09 Å². The van der Waals surface area contributed by atoms with E-state index in [-0.39, 0.29) is 6.09 Å². The minimum Gasteiger partial charge on any atom is -0.444 e. The average molecular weight is 265 g/mol. The Kier molecular flexibility index (Phi) is 2.52. The van der Waals surface area contributed by atoms with Crippen molar-refractivity contribution in [1.29, 1.82) is 0 Å². The molecule has 19 heavy (non-hydrogen) atoms. The molecule has 0 spiro atoms. The van der Waals surface area contributed by atoms with E-state index in [2.05, 4.69) is 5.16 Å². The van der Waals surface area contributed by atoms with Crippen molar-refractivity contribution >= 4 is 12.0 Å². The molecule has 6 nitrogen and oxygen atoms in total. The zero-order valence-corrected chi connectivity index (χ0v) is 11.4. The molecule has 0 bridgehead atoms. The third kappa shape index (κ3) is 2.27. The minimum absolute atomic E-state index is 0.224. The highest BCUT2D eigenvalue weighted by Crippen LogP contribution is 2.58. The van der Waals surface area contributed by atoms with Crippen molar-refractivity contribution in [2.45, 2.75) is 32.3 Å². The number of rotatable bonds is 1. The molecule has 2 heterocycles. The number of ether oxygens (including phenoxy) is 1. The molecular formula is C13H19N3O3. The lowest BCUT2D eigenvalue weighted by molar-refractivity contribution is 0.0270. The van der Waals surface area contributed by atoms with Gasteiger partial charge in [-0.3, -0.25) is 0 Å². The van der Waals surface area contributed by atoms with Crippen LogP contribution in [-0.4, -0.2) is 34.8 Å². The van der Waals surface area contributed by atoms with Crippen LogP contribution in [0.1, 0.15) is 32.4 Å². The summed E-state index contributed by atoms with van der Waals surface area (Å²) in [6, 6.07) is 1.78. The van der Waals surface area contributed by atoms with E-state index in [9.17, 15) is 4.79 Å². The fourth-order valence-electron chi connectivity index (χ4n) is 2.90. The van der Waals surface area contributed by atoms with Gasteiger partial charge in [0.2, 0.25) is 5.88 Å². The normalized spacial score (nSPS) is 29.2. The van der Waals surface area contributed by atoms with Crippen LogP contribution in [0.15, 0.2) is 10.6 Å². The third-order valence-corrected chi connectivity index (χ3v) is 3.73.